The van der Waals surface area contributed by atoms with E-state index in [0.29, 0.717) is 23.7 Å². The maximum atomic E-state index is 12.1. The summed E-state index contributed by atoms with van der Waals surface area (Å²) in [6, 6.07) is 9.58. The third-order valence-electron chi connectivity index (χ3n) is 2.83. The molecule has 5 nitrogen and oxygen atoms in total. The third kappa shape index (κ3) is 4.32. The summed E-state index contributed by atoms with van der Waals surface area (Å²) in [7, 11) is -3.56. The number of benzene rings is 1. The summed E-state index contributed by atoms with van der Waals surface area (Å²) < 4.78 is 26.9. The van der Waals surface area contributed by atoms with Gasteiger partial charge in [0, 0.05) is 17.8 Å². The highest BCUT2D eigenvalue weighted by molar-refractivity contribution is 7.94. The summed E-state index contributed by atoms with van der Waals surface area (Å²) in [5.41, 5.74) is 0.925. The Morgan fingerprint density at radius 1 is 1.18 bits per heavy atom. The molecule has 0 radical (unpaired) electrons. The molecule has 1 amide bonds. The second-order valence-electron chi connectivity index (χ2n) is 5.22. The summed E-state index contributed by atoms with van der Waals surface area (Å²) in [5, 5.41) is 4.52. The lowest BCUT2D eigenvalue weighted by Gasteiger charge is -2.09. The first-order valence-corrected chi connectivity index (χ1v) is 9.19. The number of sulfonamides is 1. The molecule has 1 aromatic carbocycles. The second kappa shape index (κ2) is 6.93. The molecule has 0 bridgehead atoms. The minimum absolute atomic E-state index is 0.165. The Kier molecular flexibility index (Phi) is 5.20. The van der Waals surface area contributed by atoms with E-state index in [0.717, 1.165) is 11.3 Å². The fourth-order valence-electron chi connectivity index (χ4n) is 1.71. The van der Waals surface area contributed by atoms with Crippen LogP contribution in [-0.4, -0.2) is 20.9 Å². The molecule has 0 saturated heterocycles. The Hall–Kier alpha value is -1.86. The van der Waals surface area contributed by atoms with Crippen LogP contribution in [0, 0.1) is 5.92 Å². The van der Waals surface area contributed by atoms with Gasteiger partial charge in [0.15, 0.2) is 0 Å². The SMILES string of the molecule is CC(C)CNC(=O)c1ccc(NS(=O)(=O)c2cccs2)cc1. The van der Waals surface area contributed by atoms with Crippen LogP contribution in [0.3, 0.4) is 0 Å². The minimum atomic E-state index is -3.56. The van der Waals surface area contributed by atoms with E-state index in [4.69, 9.17) is 0 Å². The fraction of sp³-hybridized carbons (Fsp3) is 0.267. The maximum Gasteiger partial charge on any atom is 0.271 e. The van der Waals surface area contributed by atoms with Gasteiger partial charge in [-0.1, -0.05) is 19.9 Å². The highest BCUT2D eigenvalue weighted by Crippen LogP contribution is 2.20. The van der Waals surface area contributed by atoms with Gasteiger partial charge < -0.3 is 5.32 Å². The first-order chi connectivity index (χ1) is 10.4. The van der Waals surface area contributed by atoms with E-state index in [-0.39, 0.29) is 10.1 Å². The monoisotopic (exact) mass is 338 g/mol. The number of carbonyl (C=O) groups excluding carboxylic acids is 1. The molecule has 2 aromatic rings. The van der Waals surface area contributed by atoms with E-state index >= 15 is 0 Å². The van der Waals surface area contributed by atoms with Crippen molar-refractivity contribution in [3.63, 3.8) is 0 Å². The number of hydrogen-bond acceptors (Lipinski definition) is 4. The molecule has 0 fully saturated rings. The molecule has 0 saturated carbocycles. The smallest absolute Gasteiger partial charge is 0.271 e. The first kappa shape index (κ1) is 16.5. The Morgan fingerprint density at radius 3 is 2.41 bits per heavy atom. The number of carbonyl (C=O) groups is 1. The van der Waals surface area contributed by atoms with E-state index in [9.17, 15) is 13.2 Å². The number of nitrogens with one attached hydrogen (secondary N) is 2. The van der Waals surface area contributed by atoms with Crippen LogP contribution < -0.4 is 10.0 Å². The van der Waals surface area contributed by atoms with Crippen molar-refractivity contribution in [2.75, 3.05) is 11.3 Å². The van der Waals surface area contributed by atoms with E-state index < -0.39 is 10.0 Å². The van der Waals surface area contributed by atoms with Gasteiger partial charge in [-0.15, -0.1) is 11.3 Å². The van der Waals surface area contributed by atoms with Gasteiger partial charge in [-0.3, -0.25) is 9.52 Å². The normalized spacial score (nSPS) is 11.4. The topological polar surface area (TPSA) is 75.3 Å². The molecule has 0 aliphatic rings. The Balaban J connectivity index is 2.05. The van der Waals surface area contributed by atoms with Crippen molar-refractivity contribution in [1.29, 1.82) is 0 Å². The van der Waals surface area contributed by atoms with Crippen LogP contribution in [0.2, 0.25) is 0 Å². The lowest BCUT2D eigenvalue weighted by atomic mass is 10.2. The largest absolute Gasteiger partial charge is 0.352 e. The number of thiophene rings is 1. The van der Waals surface area contributed by atoms with Crippen LogP contribution in [0.25, 0.3) is 0 Å². The summed E-state index contributed by atoms with van der Waals surface area (Å²) in [6.07, 6.45) is 0. The van der Waals surface area contributed by atoms with Gasteiger partial charge in [-0.05, 0) is 41.6 Å². The van der Waals surface area contributed by atoms with Gasteiger partial charge in [-0.2, -0.15) is 0 Å². The molecule has 22 heavy (non-hydrogen) atoms. The van der Waals surface area contributed by atoms with Crippen molar-refractivity contribution in [2.24, 2.45) is 5.92 Å². The van der Waals surface area contributed by atoms with Gasteiger partial charge in [0.05, 0.1) is 0 Å². The van der Waals surface area contributed by atoms with Gasteiger partial charge >= 0.3 is 0 Å². The third-order valence-corrected chi connectivity index (χ3v) is 5.61. The summed E-state index contributed by atoms with van der Waals surface area (Å²) in [5.74, 6) is 0.210. The second-order valence-corrected chi connectivity index (χ2v) is 8.08. The Labute approximate surface area is 134 Å². The van der Waals surface area contributed by atoms with Crippen molar-refractivity contribution >= 4 is 33.0 Å². The summed E-state index contributed by atoms with van der Waals surface area (Å²) in [6.45, 7) is 4.64. The number of rotatable bonds is 6. The predicted molar refractivity (Wildman–Crippen MR) is 88.7 cm³/mol. The molecule has 118 valence electrons. The Bertz CT molecular complexity index is 721. The molecule has 2 N–H and O–H groups in total. The summed E-state index contributed by atoms with van der Waals surface area (Å²) >= 11 is 1.15. The zero-order valence-corrected chi connectivity index (χ0v) is 14.0. The van der Waals surface area contributed by atoms with Crippen LogP contribution in [0.4, 0.5) is 5.69 Å². The average Bonchev–Trinajstić information content (AvgIpc) is 3.00. The quantitative estimate of drug-likeness (QED) is 0.850. The zero-order chi connectivity index (χ0) is 16.2. The van der Waals surface area contributed by atoms with E-state index in [1.807, 2.05) is 13.8 Å². The molecule has 0 unspecified atom stereocenters. The standard InChI is InChI=1S/C15H18N2O3S2/c1-11(2)10-16-15(18)12-5-7-13(8-6-12)17-22(19,20)14-4-3-9-21-14/h3-9,11,17H,10H2,1-2H3,(H,16,18). The van der Waals surface area contributed by atoms with Crippen LogP contribution in [0.5, 0.6) is 0 Å². The van der Waals surface area contributed by atoms with Crippen LogP contribution >= 0.6 is 11.3 Å². The molecule has 1 heterocycles. The molecule has 0 aliphatic heterocycles. The molecular formula is C15H18N2O3S2. The Morgan fingerprint density at radius 2 is 1.86 bits per heavy atom. The maximum absolute atomic E-state index is 12.1. The van der Waals surface area contributed by atoms with Crippen LogP contribution in [-0.2, 0) is 10.0 Å². The van der Waals surface area contributed by atoms with E-state index in [1.54, 1.807) is 41.8 Å². The van der Waals surface area contributed by atoms with Crippen LogP contribution in [0.15, 0.2) is 46.0 Å². The van der Waals surface area contributed by atoms with Crippen molar-refractivity contribution in [3.05, 3.63) is 47.3 Å². The minimum Gasteiger partial charge on any atom is -0.352 e. The van der Waals surface area contributed by atoms with E-state index in [1.165, 1.54) is 0 Å². The average molecular weight is 338 g/mol. The van der Waals surface area contributed by atoms with Gasteiger partial charge in [-0.25, -0.2) is 8.42 Å². The predicted octanol–water partition coefficient (Wildman–Crippen LogP) is 2.93. The van der Waals surface area contributed by atoms with E-state index in [2.05, 4.69) is 10.0 Å². The lowest BCUT2D eigenvalue weighted by Crippen LogP contribution is -2.27. The van der Waals surface area contributed by atoms with Gasteiger partial charge in [0.1, 0.15) is 4.21 Å². The van der Waals surface area contributed by atoms with Crippen molar-refractivity contribution in [1.82, 2.24) is 5.32 Å². The molecule has 0 aliphatic carbocycles. The zero-order valence-electron chi connectivity index (χ0n) is 12.4. The van der Waals surface area contributed by atoms with Crippen molar-refractivity contribution in [3.8, 4) is 0 Å². The molecule has 1 aromatic heterocycles. The van der Waals surface area contributed by atoms with Gasteiger partial charge in [0.25, 0.3) is 15.9 Å². The highest BCUT2D eigenvalue weighted by atomic mass is 32.2. The number of hydrogen-bond donors (Lipinski definition) is 2. The molecule has 7 heteroatoms. The fourth-order valence-corrected chi connectivity index (χ4v) is 3.76. The van der Waals surface area contributed by atoms with Crippen molar-refractivity contribution in [2.45, 2.75) is 18.1 Å². The molecule has 0 spiro atoms. The lowest BCUT2D eigenvalue weighted by molar-refractivity contribution is 0.0949. The molecule has 2 rings (SSSR count). The summed E-state index contributed by atoms with van der Waals surface area (Å²) in [4.78, 5) is 11.9. The van der Waals surface area contributed by atoms with Crippen molar-refractivity contribution < 1.29 is 13.2 Å². The highest BCUT2D eigenvalue weighted by Gasteiger charge is 2.15. The van der Waals surface area contributed by atoms with Crippen LogP contribution in [0.1, 0.15) is 24.2 Å². The van der Waals surface area contributed by atoms with Gasteiger partial charge in [0.2, 0.25) is 0 Å². The molecule has 0 atom stereocenters. The number of anilines is 1. The first-order valence-electron chi connectivity index (χ1n) is 6.83. The number of amides is 1. The molecular weight excluding hydrogens is 320 g/mol.